The van der Waals surface area contributed by atoms with E-state index in [0.717, 1.165) is 11.3 Å². The second-order valence-electron chi connectivity index (χ2n) is 3.45. The first-order chi connectivity index (χ1) is 7.33. The number of carbonyl (C=O) groups excluding carboxylic acids is 1. The van der Waals surface area contributed by atoms with E-state index in [0.29, 0.717) is 19.5 Å². The predicted octanol–water partition coefficient (Wildman–Crippen LogP) is 0.727. The van der Waals surface area contributed by atoms with E-state index >= 15 is 0 Å². The standard InChI is InChI=1S/C11H14N2O2/c1-15-12-6-7-13-10-5-3-2-4-9(10)8-11(13)14/h2-5,12H,6-8H2,1H3. The van der Waals surface area contributed by atoms with Gasteiger partial charge in [0.2, 0.25) is 5.91 Å². The third-order valence-electron chi connectivity index (χ3n) is 2.51. The molecule has 1 N–H and O–H groups in total. The molecule has 4 heteroatoms. The molecule has 1 aliphatic heterocycles. The quantitative estimate of drug-likeness (QED) is 0.583. The number of hydrogen-bond acceptors (Lipinski definition) is 3. The van der Waals surface area contributed by atoms with E-state index in [1.54, 1.807) is 12.0 Å². The van der Waals surface area contributed by atoms with Crippen LogP contribution in [0.2, 0.25) is 0 Å². The van der Waals surface area contributed by atoms with Crippen LogP contribution in [0.4, 0.5) is 5.69 Å². The number of amides is 1. The first kappa shape index (κ1) is 10.1. The van der Waals surface area contributed by atoms with Gasteiger partial charge in [-0.2, -0.15) is 0 Å². The Bertz CT molecular complexity index is 365. The summed E-state index contributed by atoms with van der Waals surface area (Å²) in [5.41, 5.74) is 4.87. The van der Waals surface area contributed by atoms with Crippen molar-refractivity contribution >= 4 is 11.6 Å². The highest BCUT2D eigenvalue weighted by atomic mass is 16.6. The molecule has 1 heterocycles. The Morgan fingerprint density at radius 1 is 1.47 bits per heavy atom. The van der Waals surface area contributed by atoms with Crippen molar-refractivity contribution < 1.29 is 9.63 Å². The SMILES string of the molecule is CONCCN1C(=O)Cc2ccccc21. The van der Waals surface area contributed by atoms with E-state index in [1.165, 1.54) is 0 Å². The molecule has 0 fully saturated rings. The maximum Gasteiger partial charge on any atom is 0.231 e. The van der Waals surface area contributed by atoms with Crippen LogP contribution in [0, 0.1) is 0 Å². The molecular formula is C11H14N2O2. The van der Waals surface area contributed by atoms with Crippen LogP contribution in [0.1, 0.15) is 5.56 Å². The number of carbonyl (C=O) groups is 1. The lowest BCUT2D eigenvalue weighted by molar-refractivity contribution is -0.117. The van der Waals surface area contributed by atoms with Crippen LogP contribution < -0.4 is 10.4 Å². The highest BCUT2D eigenvalue weighted by molar-refractivity contribution is 6.01. The topological polar surface area (TPSA) is 41.6 Å². The van der Waals surface area contributed by atoms with Gasteiger partial charge in [-0.3, -0.25) is 4.79 Å². The number of hydroxylamine groups is 1. The molecule has 0 bridgehead atoms. The van der Waals surface area contributed by atoms with Crippen LogP contribution in [0.25, 0.3) is 0 Å². The lowest BCUT2D eigenvalue weighted by Gasteiger charge is -2.17. The Hall–Kier alpha value is -1.39. The number of rotatable bonds is 4. The second-order valence-corrected chi connectivity index (χ2v) is 3.45. The Kier molecular flexibility index (Phi) is 2.99. The van der Waals surface area contributed by atoms with Gasteiger partial charge in [-0.15, -0.1) is 0 Å². The van der Waals surface area contributed by atoms with Crippen LogP contribution in [-0.4, -0.2) is 26.1 Å². The highest BCUT2D eigenvalue weighted by Crippen LogP contribution is 2.27. The van der Waals surface area contributed by atoms with Crippen LogP contribution in [-0.2, 0) is 16.1 Å². The fourth-order valence-electron chi connectivity index (χ4n) is 1.82. The molecule has 4 nitrogen and oxygen atoms in total. The molecular weight excluding hydrogens is 192 g/mol. The molecule has 1 aliphatic rings. The zero-order valence-electron chi connectivity index (χ0n) is 8.69. The number of benzene rings is 1. The van der Waals surface area contributed by atoms with Gasteiger partial charge in [0, 0.05) is 18.8 Å². The van der Waals surface area contributed by atoms with Gasteiger partial charge in [0.1, 0.15) is 0 Å². The molecule has 80 valence electrons. The first-order valence-electron chi connectivity index (χ1n) is 4.97. The third-order valence-corrected chi connectivity index (χ3v) is 2.51. The number of nitrogens with zero attached hydrogens (tertiary/aromatic N) is 1. The Morgan fingerprint density at radius 2 is 2.27 bits per heavy atom. The van der Waals surface area contributed by atoms with Crippen LogP contribution in [0.15, 0.2) is 24.3 Å². The van der Waals surface area contributed by atoms with Gasteiger partial charge < -0.3 is 9.74 Å². The minimum Gasteiger partial charge on any atom is -0.310 e. The van der Waals surface area contributed by atoms with Gasteiger partial charge in [-0.25, -0.2) is 5.48 Å². The van der Waals surface area contributed by atoms with E-state index in [1.807, 2.05) is 24.3 Å². The molecule has 0 saturated carbocycles. The molecule has 0 saturated heterocycles. The molecule has 1 aromatic rings. The van der Waals surface area contributed by atoms with Crippen molar-refractivity contribution in [1.29, 1.82) is 0 Å². The summed E-state index contributed by atoms with van der Waals surface area (Å²) in [4.78, 5) is 18.2. The lowest BCUT2D eigenvalue weighted by atomic mass is 10.2. The zero-order valence-corrected chi connectivity index (χ0v) is 8.69. The van der Waals surface area contributed by atoms with Crippen LogP contribution >= 0.6 is 0 Å². The highest BCUT2D eigenvalue weighted by Gasteiger charge is 2.25. The number of fused-ring (bicyclic) bond motifs is 1. The molecule has 1 aromatic carbocycles. The summed E-state index contributed by atoms with van der Waals surface area (Å²) >= 11 is 0. The Morgan fingerprint density at radius 3 is 3.07 bits per heavy atom. The van der Waals surface area contributed by atoms with E-state index in [-0.39, 0.29) is 5.91 Å². The molecule has 0 unspecified atom stereocenters. The third kappa shape index (κ3) is 2.00. The van der Waals surface area contributed by atoms with Gasteiger partial charge in [-0.1, -0.05) is 18.2 Å². The minimum absolute atomic E-state index is 0.161. The average Bonchev–Trinajstić information content (AvgIpc) is 2.56. The van der Waals surface area contributed by atoms with E-state index < -0.39 is 0 Å². The second kappa shape index (κ2) is 4.42. The van der Waals surface area contributed by atoms with Gasteiger partial charge in [0.25, 0.3) is 0 Å². The van der Waals surface area contributed by atoms with Gasteiger partial charge >= 0.3 is 0 Å². The predicted molar refractivity (Wildman–Crippen MR) is 57.5 cm³/mol. The maximum atomic E-state index is 11.7. The van der Waals surface area contributed by atoms with Crippen molar-refractivity contribution in [3.8, 4) is 0 Å². The number of nitrogens with one attached hydrogen (secondary N) is 1. The van der Waals surface area contributed by atoms with Crippen molar-refractivity contribution in [2.75, 3.05) is 25.1 Å². The van der Waals surface area contributed by atoms with Crippen molar-refractivity contribution in [1.82, 2.24) is 5.48 Å². The molecule has 0 spiro atoms. The monoisotopic (exact) mass is 206 g/mol. The summed E-state index contributed by atoms with van der Waals surface area (Å²) in [5.74, 6) is 0.161. The fourth-order valence-corrected chi connectivity index (χ4v) is 1.82. The summed E-state index contributed by atoms with van der Waals surface area (Å²) in [6.45, 7) is 1.28. The smallest absolute Gasteiger partial charge is 0.231 e. The van der Waals surface area contributed by atoms with Crippen molar-refractivity contribution in [3.05, 3.63) is 29.8 Å². The van der Waals surface area contributed by atoms with E-state index in [2.05, 4.69) is 5.48 Å². The van der Waals surface area contributed by atoms with Gasteiger partial charge in [0.15, 0.2) is 0 Å². The number of para-hydroxylation sites is 1. The van der Waals surface area contributed by atoms with Gasteiger partial charge in [0.05, 0.1) is 13.5 Å². The Labute approximate surface area is 88.8 Å². The average molecular weight is 206 g/mol. The number of anilines is 1. The molecule has 1 amide bonds. The normalized spacial score (nSPS) is 14.5. The largest absolute Gasteiger partial charge is 0.310 e. The van der Waals surface area contributed by atoms with Crippen LogP contribution in [0.3, 0.4) is 0 Å². The Balaban J connectivity index is 2.08. The molecule has 0 aromatic heterocycles. The van der Waals surface area contributed by atoms with Crippen molar-refractivity contribution in [2.45, 2.75) is 6.42 Å². The fraction of sp³-hybridized carbons (Fsp3) is 0.364. The summed E-state index contributed by atoms with van der Waals surface area (Å²) in [6.07, 6.45) is 0.517. The molecule has 0 atom stereocenters. The maximum absolute atomic E-state index is 11.7. The molecule has 2 rings (SSSR count). The summed E-state index contributed by atoms with van der Waals surface area (Å²) in [5, 5.41) is 0. The number of hydrogen-bond donors (Lipinski definition) is 1. The van der Waals surface area contributed by atoms with E-state index in [9.17, 15) is 4.79 Å². The van der Waals surface area contributed by atoms with Crippen molar-refractivity contribution in [3.63, 3.8) is 0 Å². The van der Waals surface area contributed by atoms with Crippen LogP contribution in [0.5, 0.6) is 0 Å². The lowest BCUT2D eigenvalue weighted by Crippen LogP contribution is -2.34. The van der Waals surface area contributed by atoms with Crippen molar-refractivity contribution in [2.24, 2.45) is 0 Å². The summed E-state index contributed by atoms with van der Waals surface area (Å²) in [7, 11) is 1.57. The van der Waals surface area contributed by atoms with E-state index in [4.69, 9.17) is 4.84 Å². The van der Waals surface area contributed by atoms with Gasteiger partial charge in [-0.05, 0) is 11.6 Å². The molecule has 0 radical (unpaired) electrons. The summed E-state index contributed by atoms with van der Waals surface area (Å²) < 4.78 is 0. The summed E-state index contributed by atoms with van der Waals surface area (Å²) in [6, 6.07) is 7.89. The minimum atomic E-state index is 0.161. The molecule has 0 aliphatic carbocycles. The zero-order chi connectivity index (χ0) is 10.7. The molecule has 15 heavy (non-hydrogen) atoms. The first-order valence-corrected chi connectivity index (χ1v) is 4.97.